The molecule has 6 nitrogen and oxygen atoms in total. The minimum Gasteiger partial charge on any atom is -0.392 e. The Kier molecular flexibility index (Phi) is 6.30. The van der Waals surface area contributed by atoms with E-state index in [2.05, 4.69) is 55.6 Å². The van der Waals surface area contributed by atoms with Crippen molar-refractivity contribution in [3.8, 4) is 0 Å². The number of hydrogen-bond donors (Lipinski definition) is 3. The summed E-state index contributed by atoms with van der Waals surface area (Å²) >= 11 is 0. The Bertz CT molecular complexity index is 1100. The van der Waals surface area contributed by atoms with E-state index in [9.17, 15) is 9.90 Å². The highest BCUT2D eigenvalue weighted by molar-refractivity contribution is 5.99. The summed E-state index contributed by atoms with van der Waals surface area (Å²) in [6.07, 6.45) is 4.06. The minimum atomic E-state index is -0.497. The van der Waals surface area contributed by atoms with E-state index in [1.54, 1.807) is 6.20 Å². The number of benzene rings is 2. The number of hydrogen-bond acceptors (Lipinski definition) is 4. The van der Waals surface area contributed by atoms with Crippen molar-refractivity contribution in [3.63, 3.8) is 0 Å². The molecule has 3 N–H and O–H groups in total. The molecule has 0 unspecified atom stereocenters. The van der Waals surface area contributed by atoms with Crippen LogP contribution in [0.25, 0.3) is 0 Å². The van der Waals surface area contributed by atoms with Gasteiger partial charge in [-0.25, -0.2) is 4.68 Å². The molecule has 0 fully saturated rings. The average Bonchev–Trinajstić information content (AvgIpc) is 3.28. The fourth-order valence-corrected chi connectivity index (χ4v) is 4.92. The SMILES string of the molecule is CCC(CC)(NC(=O)c1cnn2c1N[C@@H](c1ccccc1)CC2(C)C)c1ccc(CO)cc1. The van der Waals surface area contributed by atoms with Crippen LogP contribution in [0.4, 0.5) is 5.82 Å². The van der Waals surface area contributed by atoms with Gasteiger partial charge in [-0.15, -0.1) is 0 Å². The van der Waals surface area contributed by atoms with Crippen molar-refractivity contribution < 1.29 is 9.90 Å². The first kappa shape index (κ1) is 23.1. The number of nitrogens with one attached hydrogen (secondary N) is 2. The Morgan fingerprint density at radius 1 is 1.15 bits per heavy atom. The normalized spacial score (nSPS) is 17.2. The van der Waals surface area contributed by atoms with E-state index in [0.717, 1.165) is 36.2 Å². The van der Waals surface area contributed by atoms with Crippen molar-refractivity contribution in [1.29, 1.82) is 0 Å². The highest BCUT2D eigenvalue weighted by atomic mass is 16.3. The molecule has 0 bridgehead atoms. The number of carbonyl (C=O) groups is 1. The van der Waals surface area contributed by atoms with Crippen LogP contribution in [0.1, 0.15) is 80.0 Å². The Labute approximate surface area is 196 Å². The van der Waals surface area contributed by atoms with E-state index in [1.165, 1.54) is 5.56 Å². The van der Waals surface area contributed by atoms with E-state index in [1.807, 2.05) is 47.1 Å². The lowest BCUT2D eigenvalue weighted by atomic mass is 9.84. The van der Waals surface area contributed by atoms with Gasteiger partial charge in [0.15, 0.2) is 0 Å². The first-order valence-electron chi connectivity index (χ1n) is 11.8. The van der Waals surface area contributed by atoms with Crippen LogP contribution in [-0.4, -0.2) is 20.8 Å². The Hall–Kier alpha value is -3.12. The molecule has 1 aromatic heterocycles. The largest absolute Gasteiger partial charge is 0.392 e. The topological polar surface area (TPSA) is 79.2 Å². The van der Waals surface area contributed by atoms with Crippen LogP contribution in [0, 0.1) is 0 Å². The molecule has 0 spiro atoms. The van der Waals surface area contributed by atoms with Crippen molar-refractivity contribution in [2.24, 2.45) is 0 Å². The Morgan fingerprint density at radius 3 is 2.42 bits per heavy atom. The molecule has 1 atom stereocenters. The molecule has 33 heavy (non-hydrogen) atoms. The van der Waals surface area contributed by atoms with Crippen LogP contribution in [0.2, 0.25) is 0 Å². The fraction of sp³-hybridized carbons (Fsp3) is 0.407. The van der Waals surface area contributed by atoms with E-state index in [-0.39, 0.29) is 24.1 Å². The third kappa shape index (κ3) is 4.27. The summed E-state index contributed by atoms with van der Waals surface area (Å²) in [6.45, 7) is 8.50. The van der Waals surface area contributed by atoms with Gasteiger partial charge in [0.25, 0.3) is 5.91 Å². The van der Waals surface area contributed by atoms with Crippen LogP contribution in [0.15, 0.2) is 60.8 Å². The molecule has 6 heteroatoms. The summed E-state index contributed by atoms with van der Waals surface area (Å²) in [6, 6.07) is 18.3. The predicted molar refractivity (Wildman–Crippen MR) is 131 cm³/mol. The third-order valence-corrected chi connectivity index (χ3v) is 7.05. The quantitative estimate of drug-likeness (QED) is 0.471. The molecule has 1 amide bonds. The smallest absolute Gasteiger partial charge is 0.257 e. The number of aromatic nitrogens is 2. The molecule has 0 aliphatic carbocycles. The highest BCUT2D eigenvalue weighted by Crippen LogP contribution is 2.40. The van der Waals surface area contributed by atoms with Gasteiger partial charge in [0.2, 0.25) is 0 Å². The molecule has 1 aliphatic rings. The zero-order chi connectivity index (χ0) is 23.6. The average molecular weight is 447 g/mol. The predicted octanol–water partition coefficient (Wildman–Crippen LogP) is 5.11. The van der Waals surface area contributed by atoms with Gasteiger partial charge in [0, 0.05) is 0 Å². The zero-order valence-electron chi connectivity index (χ0n) is 19.9. The number of rotatable bonds is 7. The summed E-state index contributed by atoms with van der Waals surface area (Å²) in [7, 11) is 0. The number of aliphatic hydroxyl groups is 1. The van der Waals surface area contributed by atoms with Gasteiger partial charge in [-0.3, -0.25) is 4.79 Å². The molecule has 3 aromatic rings. The lowest BCUT2D eigenvalue weighted by Gasteiger charge is -2.38. The van der Waals surface area contributed by atoms with E-state index in [4.69, 9.17) is 0 Å². The summed E-state index contributed by atoms with van der Waals surface area (Å²) in [5.41, 5.74) is 2.92. The van der Waals surface area contributed by atoms with Gasteiger partial charge >= 0.3 is 0 Å². The van der Waals surface area contributed by atoms with Crippen LogP contribution >= 0.6 is 0 Å². The number of nitrogens with zero attached hydrogens (tertiary/aromatic N) is 2. The first-order chi connectivity index (χ1) is 15.8. The molecule has 174 valence electrons. The van der Waals surface area contributed by atoms with E-state index >= 15 is 0 Å². The second-order valence-electron chi connectivity index (χ2n) is 9.54. The molecule has 2 aromatic carbocycles. The van der Waals surface area contributed by atoms with Gasteiger partial charge in [0.05, 0.1) is 29.9 Å². The van der Waals surface area contributed by atoms with Crippen LogP contribution in [0.5, 0.6) is 0 Å². The first-order valence-corrected chi connectivity index (χ1v) is 11.8. The summed E-state index contributed by atoms with van der Waals surface area (Å²) < 4.78 is 1.94. The van der Waals surface area contributed by atoms with Gasteiger partial charge in [-0.05, 0) is 49.8 Å². The molecular formula is C27H34N4O2. The van der Waals surface area contributed by atoms with Crippen LogP contribution in [0.3, 0.4) is 0 Å². The number of carbonyl (C=O) groups excluding carboxylic acids is 1. The Morgan fingerprint density at radius 2 is 1.82 bits per heavy atom. The minimum absolute atomic E-state index is 0.00443. The maximum absolute atomic E-state index is 13.6. The molecular weight excluding hydrogens is 412 g/mol. The molecule has 2 heterocycles. The maximum Gasteiger partial charge on any atom is 0.257 e. The van der Waals surface area contributed by atoms with Crippen molar-refractivity contribution in [2.75, 3.05) is 5.32 Å². The molecule has 1 aliphatic heterocycles. The second kappa shape index (κ2) is 9.02. The molecule has 0 saturated carbocycles. The lowest BCUT2D eigenvalue weighted by molar-refractivity contribution is 0.0890. The van der Waals surface area contributed by atoms with Gasteiger partial charge in [0.1, 0.15) is 11.4 Å². The number of anilines is 1. The van der Waals surface area contributed by atoms with Crippen molar-refractivity contribution in [3.05, 3.63) is 83.0 Å². The number of aliphatic hydroxyl groups excluding tert-OH is 1. The van der Waals surface area contributed by atoms with Gasteiger partial charge in [-0.1, -0.05) is 68.4 Å². The Balaban J connectivity index is 1.66. The van der Waals surface area contributed by atoms with Crippen LogP contribution in [-0.2, 0) is 17.7 Å². The molecule has 0 radical (unpaired) electrons. The van der Waals surface area contributed by atoms with E-state index < -0.39 is 5.54 Å². The zero-order valence-corrected chi connectivity index (χ0v) is 19.9. The maximum atomic E-state index is 13.6. The van der Waals surface area contributed by atoms with Crippen molar-refractivity contribution in [2.45, 2.75) is 70.7 Å². The lowest BCUT2D eigenvalue weighted by Crippen LogP contribution is -2.45. The molecule has 0 saturated heterocycles. The van der Waals surface area contributed by atoms with Crippen molar-refractivity contribution in [1.82, 2.24) is 15.1 Å². The number of fused-ring (bicyclic) bond motifs is 1. The second-order valence-corrected chi connectivity index (χ2v) is 9.54. The third-order valence-electron chi connectivity index (χ3n) is 7.05. The fourth-order valence-electron chi connectivity index (χ4n) is 4.92. The van der Waals surface area contributed by atoms with E-state index in [0.29, 0.717) is 5.56 Å². The summed E-state index contributed by atoms with van der Waals surface area (Å²) in [5.74, 6) is 0.623. The number of amides is 1. The van der Waals surface area contributed by atoms with Gasteiger partial charge < -0.3 is 15.7 Å². The van der Waals surface area contributed by atoms with Gasteiger partial charge in [-0.2, -0.15) is 5.10 Å². The highest BCUT2D eigenvalue weighted by Gasteiger charge is 2.38. The molecule has 4 rings (SSSR count). The summed E-state index contributed by atoms with van der Waals surface area (Å²) in [4.78, 5) is 13.6. The standard InChI is InChI=1S/C27H34N4O2/c1-5-27(6-2,21-14-12-19(18-32)13-15-21)30-25(33)22-17-28-31-24(22)29-23(16-26(31,3)4)20-10-8-7-9-11-20/h7-15,17,23,29,32H,5-6,16,18H2,1-4H3,(H,30,33)/t23-/m1/s1. The van der Waals surface area contributed by atoms with Crippen LogP contribution < -0.4 is 10.6 Å². The monoisotopic (exact) mass is 446 g/mol. The van der Waals surface area contributed by atoms with Crippen molar-refractivity contribution >= 4 is 11.7 Å². The summed E-state index contributed by atoms with van der Waals surface area (Å²) in [5, 5.41) is 20.9.